The highest BCUT2D eigenvalue weighted by atomic mass is 32.1. The first-order valence-electron chi connectivity index (χ1n) is 16.8. The van der Waals surface area contributed by atoms with E-state index in [1.54, 1.807) is 0 Å². The van der Waals surface area contributed by atoms with Gasteiger partial charge in [-0.3, -0.25) is 4.99 Å². The number of hydrogen-bond donors (Lipinski definition) is 1. The van der Waals surface area contributed by atoms with Gasteiger partial charge in [0.2, 0.25) is 0 Å². The third-order valence-corrected chi connectivity index (χ3v) is 10.8. The van der Waals surface area contributed by atoms with Gasteiger partial charge in [-0.25, -0.2) is 0 Å². The van der Waals surface area contributed by atoms with Crippen LogP contribution < -0.4 is 5.73 Å². The van der Waals surface area contributed by atoms with Crippen LogP contribution in [0.15, 0.2) is 175 Å². The molecule has 3 nitrogen and oxygen atoms in total. The lowest BCUT2D eigenvalue weighted by Gasteiger charge is -2.08. The van der Waals surface area contributed by atoms with Gasteiger partial charge < -0.3 is 10.3 Å². The summed E-state index contributed by atoms with van der Waals surface area (Å²) in [5.41, 5.74) is 17.8. The monoisotopic (exact) mass is 659 g/mol. The normalized spacial score (nSPS) is 12.2. The topological polar surface area (TPSA) is 43.3 Å². The minimum absolute atomic E-state index is 0.496. The van der Waals surface area contributed by atoms with E-state index in [9.17, 15) is 0 Å². The molecule has 7 aromatic carbocycles. The summed E-state index contributed by atoms with van der Waals surface area (Å²) in [4.78, 5) is 4.81. The minimum atomic E-state index is 0.496. The van der Waals surface area contributed by atoms with Crippen LogP contribution in [0.25, 0.3) is 81.1 Å². The highest BCUT2D eigenvalue weighted by Crippen LogP contribution is 2.41. The van der Waals surface area contributed by atoms with E-state index in [2.05, 4.69) is 162 Å². The van der Waals surface area contributed by atoms with Crippen LogP contribution in [-0.4, -0.2) is 10.8 Å². The predicted molar refractivity (Wildman–Crippen MR) is 216 cm³/mol. The Hall–Kier alpha value is -6.23. The molecule has 0 spiro atoms. The molecule has 2 N–H and O–H groups in total. The Bertz CT molecular complexity index is 2730. The van der Waals surface area contributed by atoms with E-state index in [0.717, 1.165) is 11.1 Å². The first kappa shape index (κ1) is 29.9. The van der Waals surface area contributed by atoms with Crippen molar-refractivity contribution >= 4 is 65.2 Å². The van der Waals surface area contributed by atoms with Gasteiger partial charge >= 0.3 is 0 Å². The van der Waals surface area contributed by atoms with Crippen LogP contribution in [0.4, 0.5) is 0 Å². The van der Waals surface area contributed by atoms with E-state index in [4.69, 9.17) is 10.7 Å². The largest absolute Gasteiger partial charge is 0.398 e. The van der Waals surface area contributed by atoms with Crippen molar-refractivity contribution in [2.24, 2.45) is 10.7 Å². The Morgan fingerprint density at radius 2 is 1.18 bits per heavy atom. The second-order valence-corrected chi connectivity index (χ2v) is 13.6. The van der Waals surface area contributed by atoms with Gasteiger partial charge in [0.15, 0.2) is 0 Å². The van der Waals surface area contributed by atoms with Crippen LogP contribution in [0.3, 0.4) is 0 Å². The molecule has 0 unspecified atom stereocenters. The van der Waals surface area contributed by atoms with E-state index < -0.39 is 0 Å². The second-order valence-electron chi connectivity index (χ2n) is 12.6. The van der Waals surface area contributed by atoms with Crippen LogP contribution in [0.2, 0.25) is 0 Å². The number of fused-ring (bicyclic) bond motifs is 6. The van der Waals surface area contributed by atoms with E-state index in [1.165, 1.54) is 69.8 Å². The summed E-state index contributed by atoms with van der Waals surface area (Å²) in [7, 11) is 0. The number of benzene rings is 7. The zero-order chi connectivity index (χ0) is 33.4. The molecule has 2 heterocycles. The SMILES string of the molecule is N/C(=C\C=N/Cn1c2ccccc2c2cc(-c3cccc4c3sc3ccccc34)ccc21)c1ccc(-c2cccc(-c3ccccc3)c2)cc1. The van der Waals surface area contributed by atoms with Crippen molar-refractivity contribution in [3.63, 3.8) is 0 Å². The molecule has 0 amide bonds. The van der Waals surface area contributed by atoms with E-state index in [1.807, 2.05) is 29.7 Å². The van der Waals surface area contributed by atoms with Crippen LogP contribution >= 0.6 is 11.3 Å². The van der Waals surface area contributed by atoms with Crippen molar-refractivity contribution in [1.29, 1.82) is 0 Å². The molecule has 9 aromatic rings. The molecular formula is C46H33N3S. The number of nitrogens with zero attached hydrogens (tertiary/aromatic N) is 2. The summed E-state index contributed by atoms with van der Waals surface area (Å²) in [6, 6.07) is 58.3. The Labute approximate surface area is 294 Å². The Morgan fingerprint density at radius 1 is 0.540 bits per heavy atom. The van der Waals surface area contributed by atoms with Gasteiger partial charge in [0.1, 0.15) is 6.67 Å². The second kappa shape index (κ2) is 12.7. The summed E-state index contributed by atoms with van der Waals surface area (Å²) in [6.45, 7) is 0.496. The van der Waals surface area contributed by atoms with Crippen molar-refractivity contribution < 1.29 is 0 Å². The summed E-state index contributed by atoms with van der Waals surface area (Å²) in [5.74, 6) is 0. The molecule has 0 aliphatic heterocycles. The first-order chi connectivity index (χ1) is 24.7. The third kappa shape index (κ3) is 5.36. The summed E-state index contributed by atoms with van der Waals surface area (Å²) in [5, 5.41) is 5.10. The molecule has 0 aliphatic carbocycles. The maximum Gasteiger partial charge on any atom is 0.114 e. The zero-order valence-corrected chi connectivity index (χ0v) is 28.1. The molecule has 9 rings (SSSR count). The van der Waals surface area contributed by atoms with Crippen LogP contribution in [0.5, 0.6) is 0 Å². The third-order valence-electron chi connectivity index (χ3n) is 9.59. The lowest BCUT2D eigenvalue weighted by atomic mass is 9.98. The van der Waals surface area contributed by atoms with Gasteiger partial charge in [-0.05, 0) is 75.4 Å². The van der Waals surface area contributed by atoms with Crippen molar-refractivity contribution in [2.45, 2.75) is 6.67 Å². The lowest BCUT2D eigenvalue weighted by molar-refractivity contribution is 0.796. The number of aliphatic imine (C=N–C) groups is 1. The average Bonchev–Trinajstić information content (AvgIpc) is 3.72. The quantitative estimate of drug-likeness (QED) is 0.170. The number of allylic oxidation sites excluding steroid dienone is 1. The average molecular weight is 660 g/mol. The Morgan fingerprint density at radius 3 is 2.02 bits per heavy atom. The molecule has 0 aliphatic rings. The summed E-state index contributed by atoms with van der Waals surface area (Å²) >= 11 is 1.87. The molecule has 0 fully saturated rings. The van der Waals surface area contributed by atoms with Gasteiger partial charge in [-0.1, -0.05) is 133 Å². The maximum atomic E-state index is 6.52. The number of thiophene rings is 1. The number of hydrogen-bond acceptors (Lipinski definition) is 3. The van der Waals surface area contributed by atoms with Crippen molar-refractivity contribution in [2.75, 3.05) is 0 Å². The first-order valence-corrected chi connectivity index (χ1v) is 17.7. The molecular weight excluding hydrogens is 627 g/mol. The zero-order valence-electron chi connectivity index (χ0n) is 27.3. The van der Waals surface area contributed by atoms with E-state index >= 15 is 0 Å². The highest BCUT2D eigenvalue weighted by Gasteiger charge is 2.14. The van der Waals surface area contributed by atoms with Crippen LogP contribution in [0, 0.1) is 0 Å². The molecule has 0 atom stereocenters. The van der Waals surface area contributed by atoms with Crippen molar-refractivity contribution in [3.8, 4) is 33.4 Å². The van der Waals surface area contributed by atoms with Gasteiger partial charge in [-0.2, -0.15) is 0 Å². The molecule has 0 radical (unpaired) electrons. The van der Waals surface area contributed by atoms with Gasteiger partial charge in [-0.15, -0.1) is 11.3 Å². The maximum absolute atomic E-state index is 6.52. The number of rotatable bonds is 7. The standard InChI is InChI=1S/C46H33N3S/c47-42(33-22-20-32(21-23-33)35-13-8-12-34(28-35)31-10-2-1-3-11-31)26-27-48-30-49-43-18-6-4-14-38(43)41-29-36(24-25-44(41)49)37-16-9-17-40-39-15-5-7-19-45(39)50-46(37)40/h1-29H,30,47H2/b42-26-,48-27-. The summed E-state index contributed by atoms with van der Waals surface area (Å²) in [6.07, 6.45) is 3.71. The smallest absolute Gasteiger partial charge is 0.114 e. The van der Waals surface area contributed by atoms with Crippen molar-refractivity contribution in [1.82, 2.24) is 4.57 Å². The molecule has 238 valence electrons. The Kier molecular flexibility index (Phi) is 7.57. The number of nitrogens with two attached hydrogens (primary N) is 1. The van der Waals surface area contributed by atoms with E-state index in [-0.39, 0.29) is 0 Å². The molecule has 0 saturated carbocycles. The molecule has 2 aromatic heterocycles. The number of para-hydroxylation sites is 1. The lowest BCUT2D eigenvalue weighted by Crippen LogP contribution is -1.98. The van der Waals surface area contributed by atoms with Gasteiger partial charge in [0.25, 0.3) is 0 Å². The van der Waals surface area contributed by atoms with Crippen LogP contribution in [0.1, 0.15) is 5.56 Å². The fourth-order valence-corrected chi connectivity index (χ4v) is 8.31. The predicted octanol–water partition coefficient (Wildman–Crippen LogP) is 12.2. The van der Waals surface area contributed by atoms with Gasteiger partial charge in [0.05, 0.1) is 11.0 Å². The Balaban J connectivity index is 0.976. The van der Waals surface area contributed by atoms with Gasteiger partial charge in [0, 0.05) is 42.9 Å². The number of aromatic nitrogens is 1. The van der Waals surface area contributed by atoms with Crippen LogP contribution in [-0.2, 0) is 6.67 Å². The van der Waals surface area contributed by atoms with Crippen molar-refractivity contribution in [3.05, 3.63) is 175 Å². The fourth-order valence-electron chi connectivity index (χ4n) is 7.07. The summed E-state index contributed by atoms with van der Waals surface area (Å²) < 4.78 is 4.94. The minimum Gasteiger partial charge on any atom is -0.398 e. The molecule has 4 heteroatoms. The molecule has 0 bridgehead atoms. The van der Waals surface area contributed by atoms with E-state index in [0.29, 0.717) is 12.4 Å². The highest BCUT2D eigenvalue weighted by molar-refractivity contribution is 7.26. The fraction of sp³-hybridized carbons (Fsp3) is 0.0217. The molecule has 0 saturated heterocycles. The molecule has 50 heavy (non-hydrogen) atoms.